The fraction of sp³-hybridized carbons (Fsp3) is 0.278. The molecule has 18 heteroatoms. The van der Waals surface area contributed by atoms with Crippen LogP contribution in [0.1, 0.15) is 111 Å². The van der Waals surface area contributed by atoms with Gasteiger partial charge >= 0.3 is 0 Å². The van der Waals surface area contributed by atoms with E-state index in [0.29, 0.717) is 52.3 Å². The van der Waals surface area contributed by atoms with Gasteiger partial charge in [-0.25, -0.2) is 15.0 Å². The van der Waals surface area contributed by atoms with Crippen LogP contribution < -0.4 is 28.9 Å². The Hall–Kier alpha value is -10.2. The van der Waals surface area contributed by atoms with Crippen molar-refractivity contribution in [3.63, 3.8) is 0 Å². The quantitative estimate of drug-likeness (QED) is 0.0860. The monoisotopic (exact) mass is 2210 g/mol. The van der Waals surface area contributed by atoms with Crippen LogP contribution in [0.25, 0.3) is 82.9 Å². The standard InChI is InChI=1S/C40H41N4O.C36H33N4O.C32H25N4O.3Pt/c1-39(2,3)27-16-17-41-36(21-27)44-34-11-9-8-10-32(34)33-15-14-30(23-35(33)44)45-31-20-28(40(4,5)6)19-29(22-31)43-24-42(7)37-25-12-13-26(18-25)38(37)43;1-36(2,3)25-16-17-37-33(19-25)40-31-11-6-5-10-29(31)30-15-14-28(21-32(30)40)41-27-9-7-8-26(20-27)39-22-38(4)34-23-12-13-24(18-23)35(34)39;1-34-20-35(32-22-13-12-21(17-22)31(32)34)23-7-6-8-24(18-23)37-25-14-15-27-26-9-2-3-10-28(26)36(29(27)19-25)30-11-4-5-16-33-30;;;/h8-17,19-21,24-26,37-38H,18H2,1-7H3;5-17,19,22-24,34-35H,18H2,1-4H3;2-16,20-22,31-32H,17H2,1H3;;;/q3*-3;;;/t25?,26-,37?,38+;23?,24-,34?,35+;21?,22-,31?,32+;;;/m111.../s1/i7D3;4D3;1D3;;;. The Morgan fingerprint density at radius 1 is 0.310 bits per heavy atom. The van der Waals surface area contributed by atoms with Crippen LogP contribution in [0.2, 0.25) is 0 Å². The van der Waals surface area contributed by atoms with Crippen LogP contribution in [0.15, 0.2) is 255 Å². The minimum Gasteiger partial charge on any atom is -0.525 e. The van der Waals surface area contributed by atoms with Gasteiger partial charge in [-0.15, -0.1) is 118 Å². The van der Waals surface area contributed by atoms with E-state index in [4.69, 9.17) is 36.5 Å². The van der Waals surface area contributed by atoms with Crippen LogP contribution in [0.5, 0.6) is 34.5 Å². The van der Waals surface area contributed by atoms with Gasteiger partial charge in [0.1, 0.15) is 17.5 Å². The molecule has 6 unspecified atom stereocenters. The van der Waals surface area contributed by atoms with Gasteiger partial charge in [0.05, 0.1) is 0 Å². The smallest absolute Gasteiger partial charge is 0.135 e. The normalized spacial score (nSPS) is 24.5. The fourth-order valence-electron chi connectivity index (χ4n) is 20.9. The number of nitrogens with zero attached hydrogens (tertiary/aromatic N) is 12. The molecule has 126 heavy (non-hydrogen) atoms. The molecular weight excluding hydrogens is 2100 g/mol. The van der Waals surface area contributed by atoms with Crippen LogP contribution in [-0.2, 0) is 79.4 Å². The molecule has 15 nitrogen and oxygen atoms in total. The zero-order valence-electron chi connectivity index (χ0n) is 80.1. The van der Waals surface area contributed by atoms with Gasteiger partial charge in [-0.05, 0) is 174 Å². The molecule has 9 heterocycles. The van der Waals surface area contributed by atoms with Crippen molar-refractivity contribution < 1.29 is 89.7 Å². The van der Waals surface area contributed by atoms with Gasteiger partial charge in [-0.2, -0.15) is 62.5 Å². The average Bonchev–Trinajstić information content (AvgIpc) is 1.56. The Balaban J connectivity index is 0.000000129. The number of hydrogen-bond donors (Lipinski definition) is 0. The molecule has 0 amide bonds. The summed E-state index contributed by atoms with van der Waals surface area (Å²) in [6.45, 7) is 18.5. The Kier molecular flexibility index (Phi) is 19.7. The molecule has 3 saturated heterocycles. The summed E-state index contributed by atoms with van der Waals surface area (Å²) in [7, 11) is 0. The number of rotatable bonds is 12. The Morgan fingerprint density at radius 3 is 1.03 bits per heavy atom. The van der Waals surface area contributed by atoms with Gasteiger partial charge in [-0.1, -0.05) is 176 Å². The van der Waals surface area contributed by atoms with Gasteiger partial charge in [-0.3, -0.25) is 0 Å². The molecule has 15 aromatic rings. The first-order valence-corrected chi connectivity index (χ1v) is 42.9. The van der Waals surface area contributed by atoms with Crippen LogP contribution in [0.4, 0.5) is 17.1 Å². The number of fused-ring (bicyclic) bond motifs is 24. The average molecular weight is 2210 g/mol. The predicted molar refractivity (Wildman–Crippen MR) is 493 cm³/mol. The predicted octanol–water partition coefficient (Wildman–Crippen LogP) is 23.0. The second kappa shape index (κ2) is 33.1. The number of pyridine rings is 3. The maximum atomic E-state index is 8.30. The zero-order valence-corrected chi connectivity index (χ0v) is 77.9. The molecule has 24 rings (SSSR count). The van der Waals surface area contributed by atoms with Crippen molar-refractivity contribution in [3.8, 4) is 52.0 Å². The van der Waals surface area contributed by atoms with Crippen LogP contribution in [-0.4, -0.2) is 101 Å². The van der Waals surface area contributed by atoms with Crippen molar-refractivity contribution in [1.82, 2.24) is 43.4 Å². The summed E-state index contributed by atoms with van der Waals surface area (Å²) >= 11 is 0. The molecule has 6 aliphatic carbocycles. The third-order valence-corrected chi connectivity index (χ3v) is 26.7. The SMILES string of the molecule is [2H]C([2H])([2H])N1[CH-]N(c2[c-]c(Oc3[c-]c4c(cc3)c3ccccc3n4-c3cc(C(C)(C)C)ccn3)cc(C(C)(C)C)c2)[C@@H]2C1C1C=C[C@@H]2C1.[2H]C([2H])([2H])N1[CH-]N(c2[c-]c(Oc3[c-]c4c(cc3)c3ccccc3n4-c3cc(C(C)(C)C)ccn3)ccc2)[C@@H]2C1C1C=C[C@@H]2C1.[2H]C([2H])([2H])N1[CH-]N(c2[c-]c(Oc3[c-]c4c(cc3)c3ccccc3n4-c3ccccn3)ccc2)[C@@H]2C1C1C=C[C@@H]2C1.[Pt].[Pt].[Pt]. The second-order valence-corrected chi connectivity index (χ2v) is 37.4. The van der Waals surface area contributed by atoms with Crippen molar-refractivity contribution in [1.29, 1.82) is 0 Å². The Bertz CT molecular complexity index is 7160. The van der Waals surface area contributed by atoms with E-state index >= 15 is 0 Å². The molecule has 0 radical (unpaired) electrons. The second-order valence-electron chi connectivity index (χ2n) is 37.4. The van der Waals surface area contributed by atoms with E-state index < -0.39 is 20.9 Å². The number of para-hydroxylation sites is 3. The van der Waals surface area contributed by atoms with E-state index in [1.165, 1.54) is 11.1 Å². The molecule has 3 saturated carbocycles. The minimum atomic E-state index is -2.22. The Labute approximate surface area is 795 Å². The number of ether oxygens (including phenoxy) is 3. The fourth-order valence-corrected chi connectivity index (χ4v) is 20.9. The number of anilines is 3. The van der Waals surface area contributed by atoms with Gasteiger partial charge in [0.25, 0.3) is 0 Å². The molecule has 0 N–H and O–H groups in total. The van der Waals surface area contributed by atoms with Crippen molar-refractivity contribution in [2.45, 2.75) is 134 Å². The molecule has 6 aromatic heterocycles. The summed E-state index contributed by atoms with van der Waals surface area (Å²) in [6.07, 6.45) is 21.8. The maximum absolute atomic E-state index is 8.30. The van der Waals surface area contributed by atoms with Gasteiger partial charge < -0.3 is 57.3 Å². The summed E-state index contributed by atoms with van der Waals surface area (Å²) in [4.78, 5) is 25.2. The summed E-state index contributed by atoms with van der Waals surface area (Å²) in [5, 5.41) is 6.58. The third kappa shape index (κ3) is 15.0. The van der Waals surface area contributed by atoms with Crippen LogP contribution >= 0.6 is 0 Å². The molecule has 6 fully saturated rings. The Morgan fingerprint density at radius 2 is 0.651 bits per heavy atom. The number of benzene rings is 9. The van der Waals surface area contributed by atoms with Crippen LogP contribution in [0, 0.1) is 91.9 Å². The van der Waals surface area contributed by atoms with E-state index in [9.17, 15) is 0 Å². The van der Waals surface area contributed by atoms with E-state index in [-0.39, 0.29) is 133 Å². The van der Waals surface area contributed by atoms with Crippen molar-refractivity contribution in [2.24, 2.45) is 35.5 Å². The van der Waals surface area contributed by atoms with E-state index in [1.54, 1.807) is 40.9 Å². The molecule has 3 aliphatic heterocycles. The number of likely N-dealkylation sites (N-methyl/N-ethyl adjacent to an activating group) is 3. The molecule has 9 aromatic carbocycles. The van der Waals surface area contributed by atoms with Gasteiger partial charge in [0.15, 0.2) is 0 Å². The first-order chi connectivity index (χ1) is 63.2. The summed E-state index contributed by atoms with van der Waals surface area (Å²) in [6, 6.07) is 87.9. The number of aromatic nitrogens is 6. The van der Waals surface area contributed by atoms with E-state index in [1.807, 2.05) is 109 Å². The topological polar surface area (TPSA) is 101 Å². The molecule has 648 valence electrons. The largest absolute Gasteiger partial charge is 0.525 e. The molecular formula is C108H99N12O3Pt3-9. The summed E-state index contributed by atoms with van der Waals surface area (Å²) < 4.78 is 99.5. The van der Waals surface area contributed by atoms with Crippen molar-refractivity contribution >= 4 is 82.5 Å². The zero-order chi connectivity index (χ0) is 91.1. The van der Waals surface area contributed by atoms with E-state index in [0.717, 1.165) is 125 Å². The van der Waals surface area contributed by atoms with Crippen LogP contribution in [0.3, 0.4) is 0 Å². The number of hydrogen-bond acceptors (Lipinski definition) is 12. The summed E-state index contributed by atoms with van der Waals surface area (Å²) in [5.41, 5.74) is 11.5. The first-order valence-electron chi connectivity index (χ1n) is 47.4. The van der Waals surface area contributed by atoms with E-state index in [2.05, 4.69) is 272 Å². The maximum Gasteiger partial charge on any atom is 0.135 e. The molecule has 6 bridgehead atoms. The molecule has 0 spiro atoms. The van der Waals surface area contributed by atoms with Crippen molar-refractivity contribution in [2.75, 3.05) is 35.6 Å². The van der Waals surface area contributed by atoms with Gasteiger partial charge in [0.2, 0.25) is 0 Å². The molecule has 9 aliphatic rings. The first kappa shape index (κ1) is 74.8. The summed E-state index contributed by atoms with van der Waals surface area (Å²) in [5.74, 6) is 7.51. The third-order valence-electron chi connectivity index (χ3n) is 26.7. The minimum absolute atomic E-state index is 0. The molecule has 12 atom stereocenters. The van der Waals surface area contributed by atoms with Crippen molar-refractivity contribution in [3.05, 3.63) is 328 Å². The van der Waals surface area contributed by atoms with Gasteiger partial charge in [0, 0.05) is 181 Å².